The van der Waals surface area contributed by atoms with Crippen molar-refractivity contribution < 1.29 is 8.42 Å². The van der Waals surface area contributed by atoms with Crippen LogP contribution in [0.3, 0.4) is 0 Å². The van der Waals surface area contributed by atoms with Crippen molar-refractivity contribution >= 4 is 52.8 Å². The molecule has 7 heteroatoms. The normalized spacial score (nSPS) is 10.3. The molecule has 0 bridgehead atoms. The first-order valence-electron chi connectivity index (χ1n) is 3.27. The molecule has 0 unspecified atom stereocenters. The van der Waals surface area contributed by atoms with Crippen molar-refractivity contribution in [2.75, 3.05) is 0 Å². The molecule has 1 rings (SSSR count). The van der Waals surface area contributed by atoms with Crippen molar-refractivity contribution in [1.29, 1.82) is 0 Å². The Kier molecular flexibility index (Phi) is 6.91. The summed E-state index contributed by atoms with van der Waals surface area (Å²) in [5.74, 6) is 0.553. The molecule has 0 saturated carbocycles. The van der Waals surface area contributed by atoms with Crippen molar-refractivity contribution in [2.45, 2.75) is 5.88 Å². The summed E-state index contributed by atoms with van der Waals surface area (Å²) >= 11 is 11.2. The van der Waals surface area contributed by atoms with Gasteiger partial charge in [0.05, 0.1) is 0 Å². The predicted octanol–water partition coefficient (Wildman–Crippen LogP) is 3.79. The monoisotopic (exact) mass is 294 g/mol. The van der Waals surface area contributed by atoms with Gasteiger partial charge in [-0.2, -0.15) is 8.42 Å². The Morgan fingerprint density at radius 2 is 1.43 bits per heavy atom. The second kappa shape index (κ2) is 6.75. The predicted molar refractivity (Wildman–Crippen MR) is 61.6 cm³/mol. The van der Waals surface area contributed by atoms with E-state index < -0.39 is 8.26 Å². The number of halogens is 4. The van der Waals surface area contributed by atoms with Crippen LogP contribution in [0.25, 0.3) is 0 Å². The molecule has 0 aliphatic carbocycles. The zero-order chi connectivity index (χ0) is 11.2. The van der Waals surface area contributed by atoms with E-state index in [1.54, 1.807) is 0 Å². The zero-order valence-electron chi connectivity index (χ0n) is 6.75. The molecule has 0 radical (unpaired) electrons. The van der Waals surface area contributed by atoms with Gasteiger partial charge < -0.3 is 0 Å². The van der Waals surface area contributed by atoms with Crippen LogP contribution in [0.1, 0.15) is 5.56 Å². The molecule has 0 N–H and O–H groups in total. The lowest BCUT2D eigenvalue weighted by Crippen LogP contribution is -1.73. The Bertz CT molecular complexity index is 352. The average molecular weight is 296 g/mol. The molecule has 0 amide bonds. The highest BCUT2D eigenvalue weighted by Crippen LogP contribution is 2.10. The van der Waals surface area contributed by atoms with Crippen LogP contribution in [0.15, 0.2) is 24.3 Å². The molecule has 0 aliphatic heterocycles. The third-order valence-corrected chi connectivity index (χ3v) is 1.63. The molecule has 0 aromatic heterocycles. The summed E-state index contributed by atoms with van der Waals surface area (Å²) in [6, 6.07) is 7.49. The Morgan fingerprint density at radius 3 is 1.71 bits per heavy atom. The third kappa shape index (κ3) is 10.4. The first-order chi connectivity index (χ1) is 6.33. The Morgan fingerprint density at radius 1 is 1.07 bits per heavy atom. The summed E-state index contributed by atoms with van der Waals surface area (Å²) in [6.07, 6.45) is 0. The molecule has 14 heavy (non-hydrogen) atoms. The van der Waals surface area contributed by atoms with Crippen LogP contribution in [0.5, 0.6) is 0 Å². The van der Waals surface area contributed by atoms with E-state index in [2.05, 4.69) is 21.4 Å². The molecule has 80 valence electrons. The molecular weight excluding hydrogens is 290 g/mol. The van der Waals surface area contributed by atoms with Crippen molar-refractivity contribution in [3.05, 3.63) is 34.9 Å². The highest BCUT2D eigenvalue weighted by Gasteiger charge is 1.89. The fourth-order valence-electron chi connectivity index (χ4n) is 0.573. The molecule has 0 spiro atoms. The van der Waals surface area contributed by atoms with Crippen molar-refractivity contribution in [2.24, 2.45) is 0 Å². The number of rotatable bonds is 1. The lowest BCUT2D eigenvalue weighted by atomic mass is 10.2. The van der Waals surface area contributed by atoms with Gasteiger partial charge in [-0.25, -0.2) is 0 Å². The number of hydrogen-bond donors (Lipinski definition) is 0. The summed E-state index contributed by atoms with van der Waals surface area (Å²) in [5, 5.41) is 0.754. The molecule has 0 aliphatic rings. The maximum atomic E-state index is 9.16. The number of hydrogen-bond acceptors (Lipinski definition) is 2. The van der Waals surface area contributed by atoms with Crippen LogP contribution in [0.2, 0.25) is 5.02 Å². The van der Waals surface area contributed by atoms with Gasteiger partial charge in [0, 0.05) is 32.3 Å². The van der Waals surface area contributed by atoms with E-state index in [0.29, 0.717) is 5.88 Å². The van der Waals surface area contributed by atoms with Gasteiger partial charge in [0.2, 0.25) is 0 Å². The van der Waals surface area contributed by atoms with Crippen LogP contribution in [-0.4, -0.2) is 8.42 Å². The van der Waals surface area contributed by atoms with Gasteiger partial charge in [-0.3, -0.25) is 0 Å². The van der Waals surface area contributed by atoms with Crippen LogP contribution >= 0.6 is 44.6 Å². The van der Waals surface area contributed by atoms with E-state index in [9.17, 15) is 0 Å². The molecule has 0 fully saturated rings. The van der Waals surface area contributed by atoms with Crippen LogP contribution in [0.4, 0.5) is 0 Å². The first kappa shape index (κ1) is 14.3. The topological polar surface area (TPSA) is 34.1 Å². The van der Waals surface area contributed by atoms with Gasteiger partial charge in [0.1, 0.15) is 0 Å². The average Bonchev–Trinajstić information content (AvgIpc) is 2.03. The Balaban J connectivity index is 0.000000292. The standard InChI is InChI=1S/C7H6Cl2.Cl2O2S/c8-5-6-1-3-7(9)4-2-6;1-5(2,3)4/h1-4H,5H2;. The molecule has 0 saturated heterocycles. The van der Waals surface area contributed by atoms with Crippen molar-refractivity contribution in [3.63, 3.8) is 0 Å². The highest BCUT2D eigenvalue weighted by molar-refractivity contribution is 8.31. The lowest BCUT2D eigenvalue weighted by molar-refractivity contribution is 0.621. The third-order valence-electron chi connectivity index (χ3n) is 1.07. The first-order valence-corrected chi connectivity index (χ1v) is 7.32. The van der Waals surface area contributed by atoms with E-state index in [1.807, 2.05) is 24.3 Å². The Hall–Kier alpha value is 0.330. The van der Waals surface area contributed by atoms with E-state index >= 15 is 0 Å². The van der Waals surface area contributed by atoms with Gasteiger partial charge in [-0.1, -0.05) is 23.7 Å². The quantitative estimate of drug-likeness (QED) is 0.583. The molecule has 2 nitrogen and oxygen atoms in total. The van der Waals surface area contributed by atoms with Crippen LogP contribution in [0, 0.1) is 0 Å². The molecule has 1 aromatic carbocycles. The second-order valence-electron chi connectivity index (χ2n) is 2.14. The summed E-state index contributed by atoms with van der Waals surface area (Å²) in [4.78, 5) is 0. The molecule has 1 aromatic rings. The van der Waals surface area contributed by atoms with Gasteiger partial charge in [0.15, 0.2) is 0 Å². The van der Waals surface area contributed by atoms with Gasteiger partial charge >= 0.3 is 8.26 Å². The zero-order valence-corrected chi connectivity index (χ0v) is 10.6. The molecule has 0 atom stereocenters. The van der Waals surface area contributed by atoms with E-state index in [-0.39, 0.29) is 0 Å². The van der Waals surface area contributed by atoms with Gasteiger partial charge in [-0.15, -0.1) is 11.6 Å². The highest BCUT2D eigenvalue weighted by atomic mass is 36.0. The van der Waals surface area contributed by atoms with Gasteiger partial charge in [0.25, 0.3) is 0 Å². The minimum Gasteiger partial charge on any atom is -0.195 e. The smallest absolute Gasteiger partial charge is 0.195 e. The van der Waals surface area contributed by atoms with Crippen LogP contribution in [-0.2, 0) is 14.1 Å². The fraction of sp³-hybridized carbons (Fsp3) is 0.143. The summed E-state index contributed by atoms with van der Waals surface area (Å²) in [6.45, 7) is 0. The number of alkyl halides is 1. The molecule has 0 heterocycles. The van der Waals surface area contributed by atoms with Crippen molar-refractivity contribution in [3.8, 4) is 0 Å². The van der Waals surface area contributed by atoms with Crippen molar-refractivity contribution in [1.82, 2.24) is 0 Å². The molecular formula is C7H6Cl4O2S. The SMILES string of the molecule is ClCc1ccc(Cl)cc1.O=S(=O)(Cl)Cl. The van der Waals surface area contributed by atoms with E-state index in [4.69, 9.17) is 31.6 Å². The summed E-state index contributed by atoms with van der Waals surface area (Å²) < 4.78 is 18.3. The van der Waals surface area contributed by atoms with Crippen LogP contribution < -0.4 is 0 Å². The van der Waals surface area contributed by atoms with E-state index in [0.717, 1.165) is 10.6 Å². The lowest BCUT2D eigenvalue weighted by Gasteiger charge is -1.91. The second-order valence-corrected chi connectivity index (χ2v) is 6.51. The Labute approximate surface area is 102 Å². The minimum atomic E-state index is -3.72. The minimum absolute atomic E-state index is 0.553. The fourth-order valence-corrected chi connectivity index (χ4v) is 0.878. The summed E-state index contributed by atoms with van der Waals surface area (Å²) in [5.41, 5.74) is 1.10. The van der Waals surface area contributed by atoms with E-state index in [1.165, 1.54) is 0 Å². The number of benzene rings is 1. The maximum absolute atomic E-state index is 9.16. The maximum Gasteiger partial charge on any atom is 0.317 e. The van der Waals surface area contributed by atoms with Gasteiger partial charge in [-0.05, 0) is 17.7 Å². The summed E-state index contributed by atoms with van der Waals surface area (Å²) in [7, 11) is 4.81. The largest absolute Gasteiger partial charge is 0.317 e.